The van der Waals surface area contributed by atoms with Gasteiger partial charge in [-0.3, -0.25) is 0 Å². The Morgan fingerprint density at radius 1 is 1.44 bits per heavy atom. The first-order chi connectivity index (χ1) is 8.88. The molecule has 2 heterocycles. The van der Waals surface area contributed by atoms with Gasteiger partial charge < -0.3 is 15.4 Å². The molecule has 0 amide bonds. The molecule has 1 saturated heterocycles. The van der Waals surface area contributed by atoms with E-state index in [2.05, 4.69) is 35.9 Å². The molecule has 18 heavy (non-hydrogen) atoms. The Kier molecular flexibility index (Phi) is 3.52. The molecule has 3 rings (SSSR count). The summed E-state index contributed by atoms with van der Waals surface area (Å²) >= 11 is 0. The molecule has 2 unspecified atom stereocenters. The zero-order chi connectivity index (χ0) is 12.4. The van der Waals surface area contributed by atoms with Gasteiger partial charge in [-0.15, -0.1) is 0 Å². The third-order valence-corrected chi connectivity index (χ3v) is 4.17. The number of hydrogen-bond acceptors (Lipinski definition) is 3. The Labute approximate surface area is 109 Å². The highest BCUT2D eigenvalue weighted by atomic mass is 16.5. The molecule has 0 radical (unpaired) electrons. The quantitative estimate of drug-likeness (QED) is 0.854. The maximum atomic E-state index is 5.68. The summed E-state index contributed by atoms with van der Waals surface area (Å²) in [7, 11) is 2.07. The number of hydrogen-bond donors (Lipinski definition) is 2. The highest BCUT2D eigenvalue weighted by Gasteiger charge is 2.25. The standard InChI is InChI=1S/C15H22N2O/c1-16-15(13-6-7-17-10-13)12-4-5-14-11(9-12)3-2-8-18-14/h4-5,9,13,15-17H,2-3,6-8,10H2,1H3. The number of aryl methyl sites for hydroxylation is 1. The van der Waals surface area contributed by atoms with Crippen LogP contribution in [-0.4, -0.2) is 26.7 Å². The summed E-state index contributed by atoms with van der Waals surface area (Å²) in [5.41, 5.74) is 2.79. The molecular formula is C15H22N2O. The topological polar surface area (TPSA) is 33.3 Å². The van der Waals surface area contributed by atoms with Gasteiger partial charge in [-0.2, -0.15) is 0 Å². The summed E-state index contributed by atoms with van der Waals surface area (Å²) in [4.78, 5) is 0. The van der Waals surface area contributed by atoms with Crippen molar-refractivity contribution in [2.24, 2.45) is 5.92 Å². The molecule has 2 N–H and O–H groups in total. The number of benzene rings is 1. The minimum atomic E-state index is 0.465. The summed E-state index contributed by atoms with van der Waals surface area (Å²) in [5, 5.41) is 6.94. The average molecular weight is 246 g/mol. The van der Waals surface area contributed by atoms with Gasteiger partial charge in [0.2, 0.25) is 0 Å². The van der Waals surface area contributed by atoms with Crippen molar-refractivity contribution in [1.82, 2.24) is 10.6 Å². The highest BCUT2D eigenvalue weighted by Crippen LogP contribution is 2.32. The predicted molar refractivity (Wildman–Crippen MR) is 73.0 cm³/mol. The van der Waals surface area contributed by atoms with Gasteiger partial charge in [-0.25, -0.2) is 0 Å². The Hall–Kier alpha value is -1.06. The van der Waals surface area contributed by atoms with Crippen molar-refractivity contribution in [2.75, 3.05) is 26.7 Å². The molecule has 0 bridgehead atoms. The van der Waals surface area contributed by atoms with Crippen LogP contribution in [0.15, 0.2) is 18.2 Å². The van der Waals surface area contributed by atoms with Crippen LogP contribution in [-0.2, 0) is 6.42 Å². The van der Waals surface area contributed by atoms with Gasteiger partial charge in [0.1, 0.15) is 5.75 Å². The zero-order valence-corrected chi connectivity index (χ0v) is 11.0. The molecule has 3 nitrogen and oxygen atoms in total. The van der Waals surface area contributed by atoms with Crippen molar-refractivity contribution in [3.05, 3.63) is 29.3 Å². The second kappa shape index (κ2) is 5.29. The van der Waals surface area contributed by atoms with Gasteiger partial charge in [0, 0.05) is 6.04 Å². The lowest BCUT2D eigenvalue weighted by Crippen LogP contribution is -2.27. The molecule has 1 aromatic rings. The monoisotopic (exact) mass is 246 g/mol. The van der Waals surface area contributed by atoms with Gasteiger partial charge in [-0.1, -0.05) is 12.1 Å². The third-order valence-electron chi connectivity index (χ3n) is 4.17. The number of fused-ring (bicyclic) bond motifs is 1. The van der Waals surface area contributed by atoms with Gasteiger partial charge in [-0.05, 0) is 62.5 Å². The lowest BCUT2D eigenvalue weighted by molar-refractivity contribution is 0.287. The van der Waals surface area contributed by atoms with Crippen molar-refractivity contribution in [1.29, 1.82) is 0 Å². The van der Waals surface area contributed by atoms with E-state index in [-0.39, 0.29) is 0 Å². The van der Waals surface area contributed by atoms with Crippen LogP contribution in [0.3, 0.4) is 0 Å². The van der Waals surface area contributed by atoms with Crippen molar-refractivity contribution in [3.8, 4) is 5.75 Å². The van der Waals surface area contributed by atoms with Gasteiger partial charge >= 0.3 is 0 Å². The summed E-state index contributed by atoms with van der Waals surface area (Å²) in [5.74, 6) is 1.79. The Balaban J connectivity index is 1.85. The molecule has 3 heteroatoms. The van der Waals surface area contributed by atoms with E-state index in [4.69, 9.17) is 4.74 Å². The van der Waals surface area contributed by atoms with E-state index in [1.54, 1.807) is 0 Å². The van der Waals surface area contributed by atoms with E-state index in [1.807, 2.05) is 0 Å². The van der Waals surface area contributed by atoms with Crippen LogP contribution in [0.4, 0.5) is 0 Å². The van der Waals surface area contributed by atoms with Crippen molar-refractivity contribution in [2.45, 2.75) is 25.3 Å². The Morgan fingerprint density at radius 2 is 2.39 bits per heavy atom. The number of rotatable bonds is 3. The molecular weight excluding hydrogens is 224 g/mol. The van der Waals surface area contributed by atoms with E-state index in [9.17, 15) is 0 Å². The summed E-state index contributed by atoms with van der Waals surface area (Å²) in [6.45, 7) is 3.14. The van der Waals surface area contributed by atoms with Crippen LogP contribution in [0, 0.1) is 5.92 Å². The fourth-order valence-corrected chi connectivity index (χ4v) is 3.21. The largest absolute Gasteiger partial charge is 0.493 e. The summed E-state index contributed by atoms with van der Waals surface area (Å²) in [6, 6.07) is 7.18. The van der Waals surface area contributed by atoms with E-state index >= 15 is 0 Å². The maximum absolute atomic E-state index is 5.68. The fraction of sp³-hybridized carbons (Fsp3) is 0.600. The van der Waals surface area contributed by atoms with E-state index in [0.717, 1.165) is 38.3 Å². The molecule has 0 saturated carbocycles. The normalized spacial score (nSPS) is 24.4. The molecule has 98 valence electrons. The Morgan fingerprint density at radius 3 is 3.17 bits per heavy atom. The fourth-order valence-electron chi connectivity index (χ4n) is 3.21. The minimum absolute atomic E-state index is 0.465. The van der Waals surface area contributed by atoms with Crippen LogP contribution >= 0.6 is 0 Å². The first-order valence-corrected chi connectivity index (χ1v) is 7.02. The van der Waals surface area contributed by atoms with Gasteiger partial charge in [0.25, 0.3) is 0 Å². The third kappa shape index (κ3) is 2.25. The lowest BCUT2D eigenvalue weighted by Gasteiger charge is -2.25. The maximum Gasteiger partial charge on any atom is 0.122 e. The van der Waals surface area contributed by atoms with E-state index in [1.165, 1.54) is 17.5 Å². The molecule has 0 aliphatic carbocycles. The molecule has 0 spiro atoms. The summed E-state index contributed by atoms with van der Waals surface area (Å²) in [6.07, 6.45) is 3.56. The van der Waals surface area contributed by atoms with E-state index < -0.39 is 0 Å². The number of ether oxygens (including phenoxy) is 1. The molecule has 2 aliphatic rings. The van der Waals surface area contributed by atoms with E-state index in [0.29, 0.717) is 12.0 Å². The smallest absolute Gasteiger partial charge is 0.122 e. The molecule has 2 atom stereocenters. The van der Waals surface area contributed by atoms with Crippen LogP contribution in [0.5, 0.6) is 5.75 Å². The predicted octanol–water partition coefficient (Wildman–Crippen LogP) is 1.88. The van der Waals surface area contributed by atoms with Crippen LogP contribution in [0.25, 0.3) is 0 Å². The average Bonchev–Trinajstić information content (AvgIpc) is 2.93. The van der Waals surface area contributed by atoms with Crippen molar-refractivity contribution in [3.63, 3.8) is 0 Å². The first-order valence-electron chi connectivity index (χ1n) is 7.02. The summed E-state index contributed by atoms with van der Waals surface area (Å²) < 4.78 is 5.68. The van der Waals surface area contributed by atoms with Crippen LogP contribution in [0.1, 0.15) is 30.0 Å². The molecule has 1 aromatic carbocycles. The molecule has 2 aliphatic heterocycles. The SMILES string of the molecule is CNC(c1ccc2c(c1)CCCO2)C1CCNC1. The highest BCUT2D eigenvalue weighted by molar-refractivity contribution is 5.39. The second-order valence-electron chi connectivity index (χ2n) is 5.34. The molecule has 1 fully saturated rings. The van der Waals surface area contributed by atoms with Gasteiger partial charge in [0.15, 0.2) is 0 Å². The second-order valence-corrected chi connectivity index (χ2v) is 5.34. The van der Waals surface area contributed by atoms with Crippen molar-refractivity contribution >= 4 is 0 Å². The molecule has 0 aromatic heterocycles. The van der Waals surface area contributed by atoms with Crippen LogP contribution < -0.4 is 15.4 Å². The number of nitrogens with one attached hydrogen (secondary N) is 2. The Bertz CT molecular complexity index is 413. The first kappa shape index (κ1) is 12.0. The van der Waals surface area contributed by atoms with Gasteiger partial charge in [0.05, 0.1) is 6.61 Å². The zero-order valence-electron chi connectivity index (χ0n) is 11.0. The lowest BCUT2D eigenvalue weighted by atomic mass is 9.90. The minimum Gasteiger partial charge on any atom is -0.493 e. The van der Waals surface area contributed by atoms with Crippen molar-refractivity contribution < 1.29 is 4.74 Å². The van der Waals surface area contributed by atoms with Crippen LogP contribution in [0.2, 0.25) is 0 Å².